The van der Waals surface area contributed by atoms with Gasteiger partial charge in [0.1, 0.15) is 15.9 Å². The van der Waals surface area contributed by atoms with Crippen LogP contribution in [0.5, 0.6) is 5.75 Å². The van der Waals surface area contributed by atoms with E-state index in [1.165, 1.54) is 19.4 Å². The molecule has 102 valence electrons. The molecule has 0 spiro atoms. The molecule has 2 heterocycles. The monoisotopic (exact) mass is 339 g/mol. The third-order valence-corrected chi connectivity index (χ3v) is 3.24. The number of methoxy groups -OCH3 is 1. The third kappa shape index (κ3) is 2.03. The Morgan fingerprint density at radius 3 is 2.80 bits per heavy atom. The summed E-state index contributed by atoms with van der Waals surface area (Å²) in [5.41, 5.74) is 1.82. The van der Waals surface area contributed by atoms with Gasteiger partial charge in [0.25, 0.3) is 0 Å². The molecule has 3 aromatic rings. The van der Waals surface area contributed by atoms with Crippen LogP contribution >= 0.6 is 15.9 Å². The van der Waals surface area contributed by atoms with Crippen LogP contribution in [0, 0.1) is 11.6 Å². The fourth-order valence-corrected chi connectivity index (χ4v) is 2.32. The second-order valence-corrected chi connectivity index (χ2v) is 4.87. The summed E-state index contributed by atoms with van der Waals surface area (Å²) in [5, 5.41) is 0. The summed E-state index contributed by atoms with van der Waals surface area (Å²) < 4.78 is 32.8. The van der Waals surface area contributed by atoms with E-state index in [0.717, 1.165) is 6.07 Å². The molecule has 7 heteroatoms. The van der Waals surface area contributed by atoms with Crippen molar-refractivity contribution in [1.82, 2.24) is 15.0 Å². The molecule has 0 aliphatic carbocycles. The fourth-order valence-electron chi connectivity index (χ4n) is 2.04. The van der Waals surface area contributed by atoms with Gasteiger partial charge in [0.2, 0.25) is 0 Å². The summed E-state index contributed by atoms with van der Waals surface area (Å²) in [6.07, 6.45) is 3.12. The van der Waals surface area contributed by atoms with E-state index < -0.39 is 11.6 Å². The number of H-pyrrole nitrogens is 1. The number of nitrogens with one attached hydrogen (secondary N) is 1. The van der Waals surface area contributed by atoms with E-state index in [2.05, 4.69) is 30.9 Å². The zero-order valence-electron chi connectivity index (χ0n) is 10.2. The van der Waals surface area contributed by atoms with E-state index in [9.17, 15) is 8.78 Å². The van der Waals surface area contributed by atoms with Crippen LogP contribution in [0.1, 0.15) is 0 Å². The Morgan fingerprint density at radius 2 is 2.05 bits per heavy atom. The lowest BCUT2D eigenvalue weighted by atomic mass is 10.1. The van der Waals surface area contributed by atoms with Crippen molar-refractivity contribution in [1.29, 1.82) is 0 Å². The molecule has 0 radical (unpaired) electrons. The lowest BCUT2D eigenvalue weighted by Crippen LogP contribution is -1.94. The van der Waals surface area contributed by atoms with Gasteiger partial charge in [-0.1, -0.05) is 0 Å². The summed E-state index contributed by atoms with van der Waals surface area (Å²) in [6.45, 7) is 0. The van der Waals surface area contributed by atoms with Crippen molar-refractivity contribution in [2.45, 2.75) is 0 Å². The van der Waals surface area contributed by atoms with Gasteiger partial charge >= 0.3 is 0 Å². The summed E-state index contributed by atoms with van der Waals surface area (Å²) in [7, 11) is 1.33. The van der Waals surface area contributed by atoms with E-state index in [1.807, 2.05) is 0 Å². The van der Waals surface area contributed by atoms with Gasteiger partial charge < -0.3 is 9.72 Å². The molecular formula is C13H8BrF2N3O. The van der Waals surface area contributed by atoms with Crippen LogP contribution in [0.3, 0.4) is 0 Å². The Labute approximate surface area is 120 Å². The predicted octanol–water partition coefficient (Wildman–Crippen LogP) is 3.67. The van der Waals surface area contributed by atoms with Crippen molar-refractivity contribution in [2.75, 3.05) is 7.11 Å². The molecule has 0 fully saturated rings. The number of hydrogen-bond acceptors (Lipinski definition) is 3. The number of aromatic nitrogens is 3. The molecule has 0 unspecified atom stereocenters. The van der Waals surface area contributed by atoms with Gasteiger partial charge in [-0.25, -0.2) is 18.7 Å². The van der Waals surface area contributed by atoms with Crippen LogP contribution in [0.4, 0.5) is 8.78 Å². The van der Waals surface area contributed by atoms with Gasteiger partial charge in [0, 0.05) is 23.4 Å². The normalized spacial score (nSPS) is 11.0. The SMILES string of the molecule is COc1c(F)cc(F)cc1-c1c[nH]c2ncc(Br)nc12. The highest BCUT2D eigenvalue weighted by Crippen LogP contribution is 2.36. The first-order chi connectivity index (χ1) is 9.60. The second-order valence-electron chi connectivity index (χ2n) is 4.06. The van der Waals surface area contributed by atoms with Crippen molar-refractivity contribution < 1.29 is 13.5 Å². The van der Waals surface area contributed by atoms with Crippen LogP contribution in [-0.4, -0.2) is 22.1 Å². The molecule has 2 aromatic heterocycles. The first kappa shape index (κ1) is 13.0. The zero-order chi connectivity index (χ0) is 14.3. The van der Waals surface area contributed by atoms with Crippen molar-refractivity contribution >= 4 is 27.1 Å². The Hall–Kier alpha value is -2.02. The molecule has 4 nitrogen and oxygen atoms in total. The number of halogens is 3. The maximum atomic E-state index is 13.8. The molecule has 0 amide bonds. The number of rotatable bonds is 2. The van der Waals surface area contributed by atoms with Gasteiger partial charge in [0.05, 0.1) is 13.3 Å². The lowest BCUT2D eigenvalue weighted by molar-refractivity contribution is 0.386. The van der Waals surface area contributed by atoms with Crippen LogP contribution in [0.15, 0.2) is 29.1 Å². The van der Waals surface area contributed by atoms with Crippen LogP contribution < -0.4 is 4.74 Å². The van der Waals surface area contributed by atoms with Crippen molar-refractivity contribution in [3.63, 3.8) is 0 Å². The largest absolute Gasteiger partial charge is 0.493 e. The van der Waals surface area contributed by atoms with E-state index >= 15 is 0 Å². The van der Waals surface area contributed by atoms with Gasteiger partial charge in [0.15, 0.2) is 17.2 Å². The summed E-state index contributed by atoms with van der Waals surface area (Å²) in [4.78, 5) is 11.3. The van der Waals surface area contributed by atoms with Crippen molar-refractivity contribution in [3.8, 4) is 16.9 Å². The molecule has 1 N–H and O–H groups in total. The number of aromatic amines is 1. The zero-order valence-corrected chi connectivity index (χ0v) is 11.8. The highest BCUT2D eigenvalue weighted by Gasteiger charge is 2.18. The minimum absolute atomic E-state index is 0.0333. The molecule has 0 bridgehead atoms. The smallest absolute Gasteiger partial charge is 0.168 e. The first-order valence-electron chi connectivity index (χ1n) is 5.63. The van der Waals surface area contributed by atoms with Crippen LogP contribution in [-0.2, 0) is 0 Å². The minimum Gasteiger partial charge on any atom is -0.493 e. The molecular weight excluding hydrogens is 332 g/mol. The average Bonchev–Trinajstić information content (AvgIpc) is 2.80. The molecule has 0 saturated heterocycles. The lowest BCUT2D eigenvalue weighted by Gasteiger charge is -2.08. The van der Waals surface area contributed by atoms with Gasteiger partial charge in [-0.15, -0.1) is 0 Å². The highest BCUT2D eigenvalue weighted by molar-refractivity contribution is 9.10. The topological polar surface area (TPSA) is 50.8 Å². The number of nitrogens with zero attached hydrogens (tertiary/aromatic N) is 2. The Kier molecular flexibility index (Phi) is 3.13. The Balaban J connectivity index is 2.33. The summed E-state index contributed by atoms with van der Waals surface area (Å²) >= 11 is 3.22. The summed E-state index contributed by atoms with van der Waals surface area (Å²) in [5.74, 6) is -1.48. The van der Waals surface area contributed by atoms with E-state index in [4.69, 9.17) is 4.74 Å². The Morgan fingerprint density at radius 1 is 1.25 bits per heavy atom. The van der Waals surface area contributed by atoms with E-state index in [0.29, 0.717) is 21.3 Å². The van der Waals surface area contributed by atoms with E-state index in [-0.39, 0.29) is 11.3 Å². The fraction of sp³-hybridized carbons (Fsp3) is 0.0769. The van der Waals surface area contributed by atoms with Crippen molar-refractivity contribution in [3.05, 3.63) is 40.8 Å². The number of ether oxygens (including phenoxy) is 1. The number of benzene rings is 1. The van der Waals surface area contributed by atoms with Crippen molar-refractivity contribution in [2.24, 2.45) is 0 Å². The standard InChI is InChI=1S/C13H8BrF2N3O/c1-20-12-7(2-6(15)3-9(12)16)8-4-17-13-11(8)19-10(14)5-18-13/h2-5H,1H3,(H,17,18). The molecule has 1 aromatic carbocycles. The second kappa shape index (κ2) is 4.82. The maximum absolute atomic E-state index is 13.8. The Bertz CT molecular complexity index is 804. The minimum atomic E-state index is -0.764. The molecule has 0 atom stereocenters. The van der Waals surface area contributed by atoms with Crippen LogP contribution in [0.2, 0.25) is 0 Å². The molecule has 0 aliphatic heterocycles. The number of fused-ring (bicyclic) bond motifs is 1. The first-order valence-corrected chi connectivity index (χ1v) is 6.42. The highest BCUT2D eigenvalue weighted by atomic mass is 79.9. The third-order valence-electron chi connectivity index (χ3n) is 2.85. The van der Waals surface area contributed by atoms with Crippen LogP contribution in [0.25, 0.3) is 22.3 Å². The van der Waals surface area contributed by atoms with Gasteiger partial charge in [-0.2, -0.15) is 0 Å². The average molecular weight is 340 g/mol. The maximum Gasteiger partial charge on any atom is 0.168 e. The van der Waals surface area contributed by atoms with Gasteiger partial charge in [-0.3, -0.25) is 0 Å². The quantitative estimate of drug-likeness (QED) is 0.774. The molecule has 3 rings (SSSR count). The summed E-state index contributed by atoms with van der Waals surface area (Å²) in [6, 6.07) is 1.98. The molecule has 0 saturated carbocycles. The molecule has 20 heavy (non-hydrogen) atoms. The van der Waals surface area contributed by atoms with E-state index in [1.54, 1.807) is 6.20 Å². The predicted molar refractivity (Wildman–Crippen MR) is 73.5 cm³/mol. The van der Waals surface area contributed by atoms with Gasteiger partial charge in [-0.05, 0) is 22.0 Å². The number of hydrogen-bond donors (Lipinski definition) is 1. The molecule has 0 aliphatic rings.